The zero-order chi connectivity index (χ0) is 20.6. The third-order valence-electron chi connectivity index (χ3n) is 6.98. The van der Waals surface area contributed by atoms with Crippen LogP contribution < -0.4 is 4.74 Å². The minimum atomic E-state index is -1.35. The fraction of sp³-hybridized carbons (Fsp3) is 0.609. The third kappa shape index (κ3) is 3.13. The lowest BCUT2D eigenvalue weighted by atomic mass is 9.49. The van der Waals surface area contributed by atoms with Gasteiger partial charge in [-0.15, -0.1) is 0 Å². The van der Waals surface area contributed by atoms with Crippen LogP contribution in [0.1, 0.15) is 51.0 Å². The number of benzene rings is 1. The maximum Gasteiger partial charge on any atom is 0.322 e. The van der Waals surface area contributed by atoms with Crippen molar-refractivity contribution in [1.29, 1.82) is 0 Å². The molecule has 0 bridgehead atoms. The number of methoxy groups -OCH3 is 1. The van der Waals surface area contributed by atoms with E-state index in [2.05, 4.69) is 0 Å². The van der Waals surface area contributed by atoms with E-state index in [1.807, 2.05) is 29.2 Å². The van der Waals surface area contributed by atoms with Crippen molar-refractivity contribution in [3.05, 3.63) is 29.8 Å². The van der Waals surface area contributed by atoms with Crippen LogP contribution in [0.5, 0.6) is 5.75 Å². The average molecular weight is 399 g/mol. The number of amides is 1. The van der Waals surface area contributed by atoms with Crippen molar-refractivity contribution < 1.29 is 23.9 Å². The highest BCUT2D eigenvalue weighted by Crippen LogP contribution is 2.58. The molecule has 0 unspecified atom stereocenters. The highest BCUT2D eigenvalue weighted by Gasteiger charge is 2.68. The predicted octanol–water partition coefficient (Wildman–Crippen LogP) is 2.88. The Morgan fingerprint density at radius 2 is 2.03 bits per heavy atom. The topological polar surface area (TPSA) is 72.9 Å². The highest BCUT2D eigenvalue weighted by atomic mass is 16.5. The lowest BCUT2D eigenvalue weighted by Gasteiger charge is -2.55. The molecule has 2 aliphatic carbocycles. The molecule has 156 valence electrons. The molecule has 0 spiro atoms. The largest absolute Gasteiger partial charge is 0.497 e. The van der Waals surface area contributed by atoms with Gasteiger partial charge in [-0.2, -0.15) is 0 Å². The Morgan fingerprint density at radius 1 is 1.24 bits per heavy atom. The monoisotopic (exact) mass is 399 g/mol. The van der Waals surface area contributed by atoms with Crippen LogP contribution >= 0.6 is 0 Å². The first-order valence-electron chi connectivity index (χ1n) is 10.6. The minimum absolute atomic E-state index is 0.0937. The number of carbonyl (C=O) groups is 3. The summed E-state index contributed by atoms with van der Waals surface area (Å²) in [5, 5.41) is 0. The molecule has 0 aromatic heterocycles. The van der Waals surface area contributed by atoms with Crippen LogP contribution in [0.3, 0.4) is 0 Å². The van der Waals surface area contributed by atoms with Gasteiger partial charge in [-0.1, -0.05) is 12.1 Å². The molecule has 1 amide bonds. The molecule has 1 aromatic rings. The van der Waals surface area contributed by atoms with E-state index < -0.39 is 16.8 Å². The summed E-state index contributed by atoms with van der Waals surface area (Å²) in [6.45, 7) is 3.22. The second kappa shape index (κ2) is 7.47. The predicted molar refractivity (Wildman–Crippen MR) is 107 cm³/mol. The summed E-state index contributed by atoms with van der Waals surface area (Å²) < 4.78 is 10.9. The van der Waals surface area contributed by atoms with Crippen molar-refractivity contribution in [3.63, 3.8) is 0 Å². The summed E-state index contributed by atoms with van der Waals surface area (Å²) in [7, 11) is 1.59. The van der Waals surface area contributed by atoms with Gasteiger partial charge in [0.05, 0.1) is 13.7 Å². The zero-order valence-corrected chi connectivity index (χ0v) is 17.2. The molecule has 2 saturated carbocycles. The first-order chi connectivity index (χ1) is 14.0. The van der Waals surface area contributed by atoms with E-state index in [0.717, 1.165) is 18.4 Å². The summed E-state index contributed by atoms with van der Waals surface area (Å²) in [6.07, 6.45) is 3.46. The van der Waals surface area contributed by atoms with Crippen LogP contribution in [0, 0.1) is 11.3 Å². The van der Waals surface area contributed by atoms with Gasteiger partial charge in [0.15, 0.2) is 5.41 Å². The lowest BCUT2D eigenvalue weighted by molar-refractivity contribution is -0.181. The van der Waals surface area contributed by atoms with E-state index in [9.17, 15) is 14.4 Å². The Morgan fingerprint density at radius 3 is 2.72 bits per heavy atom. The summed E-state index contributed by atoms with van der Waals surface area (Å²) in [5.41, 5.74) is -1.42. The Hall–Kier alpha value is -2.37. The van der Waals surface area contributed by atoms with Crippen molar-refractivity contribution >= 4 is 17.7 Å². The molecule has 1 heterocycles. The summed E-state index contributed by atoms with van der Waals surface area (Å²) in [6, 6.07) is 7.48. The van der Waals surface area contributed by atoms with Crippen molar-refractivity contribution in [2.24, 2.45) is 11.3 Å². The molecule has 0 radical (unpaired) electrons. The molecule has 6 heteroatoms. The number of nitrogens with zero attached hydrogens (tertiary/aromatic N) is 1. The Labute approximate surface area is 171 Å². The summed E-state index contributed by atoms with van der Waals surface area (Å²) in [4.78, 5) is 41.8. The molecular weight excluding hydrogens is 370 g/mol. The standard InChI is InChI=1S/C23H29NO5/c1-3-29-21(27)23-10-9-18(25)14-22(23,17-5-4-6-19(13-17)28-2)11-12-24(20(23)26)15-16-7-8-16/h4-6,13,16H,3,7-12,14-15H2,1-2H3/t22-,23-/m1/s1. The maximum absolute atomic E-state index is 13.9. The van der Waals surface area contributed by atoms with Crippen LogP contribution in [-0.2, 0) is 24.5 Å². The van der Waals surface area contributed by atoms with Gasteiger partial charge in [0, 0.05) is 31.3 Å². The van der Waals surface area contributed by atoms with Crippen molar-refractivity contribution in [2.45, 2.75) is 50.9 Å². The van der Waals surface area contributed by atoms with Gasteiger partial charge in [-0.3, -0.25) is 14.4 Å². The van der Waals surface area contributed by atoms with E-state index >= 15 is 0 Å². The number of Topliss-reactive ketones (excluding diaryl/α,β-unsaturated/α-hetero) is 1. The average Bonchev–Trinajstić information content (AvgIpc) is 3.54. The van der Waals surface area contributed by atoms with Crippen LogP contribution in [-0.4, -0.2) is 49.4 Å². The minimum Gasteiger partial charge on any atom is -0.497 e. The number of piperidine rings is 1. The lowest BCUT2D eigenvalue weighted by Crippen LogP contribution is -2.67. The Bertz CT molecular complexity index is 832. The number of ether oxygens (including phenoxy) is 2. The first kappa shape index (κ1) is 19.9. The third-order valence-corrected chi connectivity index (χ3v) is 6.98. The number of rotatable bonds is 6. The molecule has 1 saturated heterocycles. The number of hydrogen-bond acceptors (Lipinski definition) is 5. The van der Waals surface area contributed by atoms with Gasteiger partial charge in [0.25, 0.3) is 0 Å². The van der Waals surface area contributed by atoms with E-state index in [-0.39, 0.29) is 37.6 Å². The fourth-order valence-electron chi connectivity index (χ4n) is 5.29. The van der Waals surface area contributed by atoms with Gasteiger partial charge in [-0.25, -0.2) is 0 Å². The molecule has 0 N–H and O–H groups in total. The normalized spacial score (nSPS) is 29.4. The van der Waals surface area contributed by atoms with Gasteiger partial charge >= 0.3 is 5.97 Å². The van der Waals surface area contributed by atoms with Crippen LogP contribution in [0.25, 0.3) is 0 Å². The number of hydrogen-bond donors (Lipinski definition) is 0. The van der Waals surface area contributed by atoms with Crippen LogP contribution in [0.4, 0.5) is 0 Å². The molecule has 2 atom stereocenters. The molecule has 4 rings (SSSR count). The molecule has 1 aliphatic heterocycles. The Kier molecular flexibility index (Phi) is 5.13. The highest BCUT2D eigenvalue weighted by molar-refractivity contribution is 6.07. The molecule has 1 aromatic carbocycles. The SMILES string of the molecule is CCOC(=O)[C@]12CCC(=O)C[C@@]1(c1cccc(OC)c1)CCN(CC1CC1)C2=O. The number of fused-ring (bicyclic) bond motifs is 1. The van der Waals surface area contributed by atoms with Gasteiger partial charge in [-0.05, 0) is 56.2 Å². The number of carbonyl (C=O) groups excluding carboxylic acids is 3. The van der Waals surface area contributed by atoms with Crippen molar-refractivity contribution in [3.8, 4) is 5.75 Å². The molecule has 3 fully saturated rings. The van der Waals surface area contributed by atoms with Gasteiger partial charge in [0.2, 0.25) is 5.91 Å². The number of esters is 1. The molecule has 29 heavy (non-hydrogen) atoms. The van der Waals surface area contributed by atoms with Crippen LogP contribution in [0.2, 0.25) is 0 Å². The van der Waals surface area contributed by atoms with Gasteiger partial charge < -0.3 is 14.4 Å². The number of ketones is 1. The quantitative estimate of drug-likeness (QED) is 0.543. The van der Waals surface area contributed by atoms with E-state index in [0.29, 0.717) is 31.2 Å². The zero-order valence-electron chi connectivity index (χ0n) is 17.2. The van der Waals surface area contributed by atoms with Gasteiger partial charge in [0.1, 0.15) is 11.5 Å². The van der Waals surface area contributed by atoms with E-state index in [1.54, 1.807) is 14.0 Å². The molecular formula is C23H29NO5. The smallest absolute Gasteiger partial charge is 0.322 e. The van der Waals surface area contributed by atoms with E-state index in [1.165, 1.54) is 0 Å². The van der Waals surface area contributed by atoms with Crippen molar-refractivity contribution in [2.75, 3.05) is 26.8 Å². The maximum atomic E-state index is 13.9. The Balaban J connectivity index is 1.86. The second-order valence-corrected chi connectivity index (χ2v) is 8.60. The van der Waals surface area contributed by atoms with Crippen LogP contribution in [0.15, 0.2) is 24.3 Å². The number of likely N-dealkylation sites (tertiary alicyclic amines) is 1. The summed E-state index contributed by atoms with van der Waals surface area (Å²) in [5.74, 6) is 0.634. The van der Waals surface area contributed by atoms with E-state index in [4.69, 9.17) is 9.47 Å². The second-order valence-electron chi connectivity index (χ2n) is 8.60. The first-order valence-corrected chi connectivity index (χ1v) is 10.6. The fourth-order valence-corrected chi connectivity index (χ4v) is 5.29. The molecule has 3 aliphatic rings. The van der Waals surface area contributed by atoms with Crippen molar-refractivity contribution in [1.82, 2.24) is 4.90 Å². The molecule has 6 nitrogen and oxygen atoms in total. The summed E-state index contributed by atoms with van der Waals surface area (Å²) >= 11 is 0.